The third-order valence-electron chi connectivity index (χ3n) is 4.95. The third kappa shape index (κ3) is 5.14. The lowest BCUT2D eigenvalue weighted by Crippen LogP contribution is -2.19. The number of aliphatic hydroxyl groups excluding tert-OH is 1. The molecule has 0 aliphatic heterocycles. The molecule has 182 valence electrons. The largest absolute Gasteiger partial charge is 0.462 e. The number of esters is 1. The van der Waals surface area contributed by atoms with Crippen LogP contribution < -0.4 is 0 Å². The van der Waals surface area contributed by atoms with Gasteiger partial charge in [-0.1, -0.05) is 0 Å². The zero-order valence-electron chi connectivity index (χ0n) is 17.4. The van der Waals surface area contributed by atoms with E-state index in [-0.39, 0.29) is 22.1 Å². The Labute approximate surface area is 192 Å². The molecule has 0 radical (unpaired) electrons. The van der Waals surface area contributed by atoms with Crippen LogP contribution in [0.3, 0.4) is 0 Å². The first-order chi connectivity index (χ1) is 16.4. The van der Waals surface area contributed by atoms with Crippen molar-refractivity contribution >= 4 is 28.0 Å². The van der Waals surface area contributed by atoms with Gasteiger partial charge in [0.05, 0.1) is 18.3 Å². The zero-order chi connectivity index (χ0) is 25.4. The molecular weight excluding hydrogens is 482 g/mol. The van der Waals surface area contributed by atoms with Crippen LogP contribution in [0.4, 0.5) is 26.3 Å². The Morgan fingerprint density at radius 2 is 1.43 bits per heavy atom. The Bertz CT molecular complexity index is 1410. The van der Waals surface area contributed by atoms with E-state index in [9.17, 15) is 36.2 Å². The second kappa shape index (κ2) is 9.06. The van der Waals surface area contributed by atoms with Gasteiger partial charge in [-0.2, -0.15) is 26.3 Å². The summed E-state index contributed by atoms with van der Waals surface area (Å²) in [5.74, 6) is -1.40. The van der Waals surface area contributed by atoms with Gasteiger partial charge in [-0.3, -0.25) is 0 Å². The average molecular weight is 496 g/mol. The molecule has 0 fully saturated rings. The molecule has 0 amide bonds. The summed E-state index contributed by atoms with van der Waals surface area (Å²) in [5.41, 5.74) is -4.76. The van der Waals surface area contributed by atoms with E-state index in [0.29, 0.717) is 0 Å². The Kier molecular flexibility index (Phi) is 6.28. The fourth-order valence-electron chi connectivity index (χ4n) is 3.38. The second-order valence-electron chi connectivity index (χ2n) is 7.35. The average Bonchev–Trinajstić information content (AvgIpc) is 2.81. The first kappa shape index (κ1) is 24.3. The normalized spacial score (nSPS) is 13.2. The fraction of sp³-hybridized carbons (Fsp3) is 0.227. The van der Waals surface area contributed by atoms with Crippen LogP contribution in [0.15, 0.2) is 48.8 Å². The van der Waals surface area contributed by atoms with Crippen molar-refractivity contribution in [2.24, 2.45) is 0 Å². The number of hydrogen-bond acceptors (Lipinski definition) is 7. The molecule has 35 heavy (non-hydrogen) atoms. The number of aromatic nitrogens is 4. The van der Waals surface area contributed by atoms with Crippen LogP contribution in [-0.4, -0.2) is 37.6 Å². The summed E-state index contributed by atoms with van der Waals surface area (Å²) < 4.78 is 85.6. The molecule has 0 saturated heterocycles. The van der Waals surface area contributed by atoms with Crippen LogP contribution >= 0.6 is 0 Å². The Balaban J connectivity index is 1.56. The van der Waals surface area contributed by atoms with Crippen molar-refractivity contribution in [3.8, 4) is 0 Å². The summed E-state index contributed by atoms with van der Waals surface area (Å²) in [4.78, 5) is 26.8. The SMILES string of the molecule is O=C(OCCC(O)c1cc2cccnc2nc1C(F)(F)F)c1cc2cccnc2nc1C(F)(F)F. The smallest absolute Gasteiger partial charge is 0.434 e. The molecule has 0 spiro atoms. The fourth-order valence-corrected chi connectivity index (χ4v) is 3.38. The molecule has 4 aromatic heterocycles. The van der Waals surface area contributed by atoms with E-state index in [0.717, 1.165) is 12.1 Å². The first-order valence-electron chi connectivity index (χ1n) is 9.96. The van der Waals surface area contributed by atoms with Crippen molar-refractivity contribution in [1.82, 2.24) is 19.9 Å². The minimum Gasteiger partial charge on any atom is -0.462 e. The molecule has 4 heterocycles. The summed E-state index contributed by atoms with van der Waals surface area (Å²) in [6, 6.07) is 7.74. The number of fused-ring (bicyclic) bond motifs is 2. The number of halogens is 6. The number of hydrogen-bond donors (Lipinski definition) is 1. The van der Waals surface area contributed by atoms with Crippen molar-refractivity contribution in [2.75, 3.05) is 6.61 Å². The Hall–Kier alpha value is -3.87. The minimum absolute atomic E-state index is 0.151. The lowest BCUT2D eigenvalue weighted by Gasteiger charge is -2.18. The van der Waals surface area contributed by atoms with E-state index in [2.05, 4.69) is 19.9 Å². The maximum absolute atomic E-state index is 13.5. The van der Waals surface area contributed by atoms with Crippen molar-refractivity contribution < 1.29 is 41.0 Å². The summed E-state index contributed by atoms with van der Waals surface area (Å²) in [6.07, 6.45) is -9.72. The van der Waals surface area contributed by atoms with Crippen LogP contribution in [0.1, 0.15) is 39.8 Å². The monoisotopic (exact) mass is 496 g/mol. The Morgan fingerprint density at radius 3 is 2.00 bits per heavy atom. The van der Waals surface area contributed by atoms with E-state index in [1.54, 1.807) is 0 Å². The van der Waals surface area contributed by atoms with Crippen molar-refractivity contribution in [3.05, 3.63) is 71.3 Å². The highest BCUT2D eigenvalue weighted by Crippen LogP contribution is 2.36. The molecule has 7 nitrogen and oxygen atoms in total. The molecule has 0 saturated carbocycles. The molecule has 0 aliphatic carbocycles. The highest BCUT2D eigenvalue weighted by Gasteiger charge is 2.39. The highest BCUT2D eigenvalue weighted by atomic mass is 19.4. The minimum atomic E-state index is -4.99. The van der Waals surface area contributed by atoms with Gasteiger partial charge < -0.3 is 9.84 Å². The lowest BCUT2D eigenvalue weighted by atomic mass is 10.0. The third-order valence-corrected chi connectivity index (χ3v) is 4.95. The quantitative estimate of drug-likeness (QED) is 0.310. The van der Waals surface area contributed by atoms with Crippen molar-refractivity contribution in [2.45, 2.75) is 24.9 Å². The summed E-state index contributed by atoms with van der Waals surface area (Å²) in [6.45, 7) is -0.676. The summed E-state index contributed by atoms with van der Waals surface area (Å²) in [5, 5.41) is 10.8. The van der Waals surface area contributed by atoms with Gasteiger partial charge in [0.1, 0.15) is 0 Å². The lowest BCUT2D eigenvalue weighted by molar-refractivity contribution is -0.143. The number of aliphatic hydroxyl groups is 1. The van der Waals surface area contributed by atoms with E-state index >= 15 is 0 Å². The van der Waals surface area contributed by atoms with Crippen LogP contribution in [0.25, 0.3) is 22.1 Å². The van der Waals surface area contributed by atoms with Crippen molar-refractivity contribution in [3.63, 3.8) is 0 Å². The maximum Gasteiger partial charge on any atom is 0.434 e. The molecule has 0 aromatic carbocycles. The van der Waals surface area contributed by atoms with Crippen LogP contribution in [0.2, 0.25) is 0 Å². The topological polar surface area (TPSA) is 98.1 Å². The molecule has 0 bridgehead atoms. The molecule has 4 rings (SSSR count). The number of rotatable bonds is 5. The number of carbonyl (C=O) groups is 1. The van der Waals surface area contributed by atoms with E-state index in [1.807, 2.05) is 0 Å². The predicted molar refractivity (Wildman–Crippen MR) is 109 cm³/mol. The van der Waals surface area contributed by atoms with Crippen LogP contribution in [0.5, 0.6) is 0 Å². The van der Waals surface area contributed by atoms with Gasteiger partial charge >= 0.3 is 18.3 Å². The molecular formula is C22H14F6N4O3. The van der Waals surface area contributed by atoms with Crippen molar-refractivity contribution in [1.29, 1.82) is 0 Å². The van der Waals surface area contributed by atoms with Gasteiger partial charge in [-0.25, -0.2) is 24.7 Å². The van der Waals surface area contributed by atoms with E-state index in [4.69, 9.17) is 4.74 Å². The number of nitrogens with zero attached hydrogens (tertiary/aromatic N) is 4. The molecule has 1 unspecified atom stereocenters. The molecule has 4 aromatic rings. The van der Waals surface area contributed by atoms with Gasteiger partial charge in [0, 0.05) is 35.2 Å². The number of carbonyl (C=O) groups excluding carboxylic acids is 1. The van der Waals surface area contributed by atoms with Gasteiger partial charge in [-0.05, 0) is 36.4 Å². The summed E-state index contributed by atoms with van der Waals surface area (Å²) >= 11 is 0. The molecule has 0 aliphatic rings. The number of pyridine rings is 4. The maximum atomic E-state index is 13.5. The molecule has 13 heteroatoms. The molecule has 1 atom stereocenters. The van der Waals surface area contributed by atoms with E-state index in [1.165, 1.54) is 36.7 Å². The highest BCUT2D eigenvalue weighted by molar-refractivity contribution is 5.94. The number of ether oxygens (including phenoxy) is 1. The first-order valence-corrected chi connectivity index (χ1v) is 9.96. The summed E-state index contributed by atoms with van der Waals surface area (Å²) in [7, 11) is 0. The predicted octanol–water partition coefficient (Wildman–Crippen LogP) is 4.89. The van der Waals surface area contributed by atoms with Crippen LogP contribution in [-0.2, 0) is 17.1 Å². The van der Waals surface area contributed by atoms with E-state index < -0.39 is 60.0 Å². The molecule has 1 N–H and O–H groups in total. The Morgan fingerprint density at radius 1 is 0.886 bits per heavy atom. The van der Waals surface area contributed by atoms with Gasteiger partial charge in [-0.15, -0.1) is 0 Å². The van der Waals surface area contributed by atoms with Crippen LogP contribution in [0, 0.1) is 0 Å². The zero-order valence-corrected chi connectivity index (χ0v) is 17.4. The van der Waals surface area contributed by atoms with Gasteiger partial charge in [0.15, 0.2) is 22.7 Å². The van der Waals surface area contributed by atoms with Gasteiger partial charge in [0.25, 0.3) is 0 Å². The van der Waals surface area contributed by atoms with Gasteiger partial charge in [0.2, 0.25) is 0 Å². The second-order valence-corrected chi connectivity index (χ2v) is 7.35. The standard InChI is InChI=1S/C22H14F6N4O3/c23-21(24,25)16-13(9-11-3-1-6-29-18(11)31-16)15(33)5-8-35-20(34)14-10-12-4-2-7-30-19(12)32-17(14)22(26,27)28/h1-4,6-7,9-10,15,33H,5,8H2. The number of alkyl halides is 6.